The van der Waals surface area contributed by atoms with Crippen molar-refractivity contribution in [2.45, 2.75) is 13.0 Å². The first-order valence-electron chi connectivity index (χ1n) is 6.48. The Bertz CT molecular complexity index is 792. The molecule has 0 aliphatic heterocycles. The second-order valence-electron chi connectivity index (χ2n) is 4.71. The molecule has 0 amide bonds. The van der Waals surface area contributed by atoms with E-state index in [0.717, 1.165) is 16.0 Å². The van der Waals surface area contributed by atoms with Crippen molar-refractivity contribution < 1.29 is 0 Å². The second kappa shape index (κ2) is 5.19. The summed E-state index contributed by atoms with van der Waals surface area (Å²) >= 11 is 1.62. The summed E-state index contributed by atoms with van der Waals surface area (Å²) in [5.41, 5.74) is 6.45. The summed E-state index contributed by atoms with van der Waals surface area (Å²) in [6.07, 6.45) is 0. The number of rotatable bonds is 3. The molecule has 0 aliphatic carbocycles. The van der Waals surface area contributed by atoms with Crippen LogP contribution in [0, 0.1) is 0 Å². The summed E-state index contributed by atoms with van der Waals surface area (Å²) in [5.74, 6) is 0. The van der Waals surface area contributed by atoms with Crippen molar-refractivity contribution in [3.63, 3.8) is 0 Å². The minimum atomic E-state index is -0.120. The van der Waals surface area contributed by atoms with Gasteiger partial charge in [0.2, 0.25) is 0 Å². The molecule has 0 spiro atoms. The monoisotopic (exact) mass is 285 g/mol. The third kappa shape index (κ3) is 2.05. The lowest BCUT2D eigenvalue weighted by atomic mass is 10.1. The fourth-order valence-electron chi connectivity index (χ4n) is 2.20. The Morgan fingerprint density at radius 1 is 1.25 bits per heavy atom. The molecule has 2 heterocycles. The van der Waals surface area contributed by atoms with E-state index in [0.29, 0.717) is 11.9 Å². The molecule has 0 saturated carbocycles. The molecule has 1 unspecified atom stereocenters. The largest absolute Gasteiger partial charge is 0.328 e. The summed E-state index contributed by atoms with van der Waals surface area (Å²) in [6.45, 7) is 2.29. The highest BCUT2D eigenvalue weighted by Crippen LogP contribution is 2.28. The molecule has 3 rings (SSSR count). The molecular weight excluding hydrogens is 270 g/mol. The Balaban J connectivity index is 2.39. The zero-order chi connectivity index (χ0) is 14.1. The predicted octanol–water partition coefficient (Wildman–Crippen LogP) is 2.64. The standard InChI is InChI=1S/C15H15N3OS/c1-10(9-16)18-15(19)12-6-3-2-5-11(12)14(17-18)13-7-4-8-20-13/h2-8,10H,9,16H2,1H3. The Labute approximate surface area is 120 Å². The maximum absolute atomic E-state index is 12.5. The molecule has 0 fully saturated rings. The summed E-state index contributed by atoms with van der Waals surface area (Å²) in [4.78, 5) is 13.6. The van der Waals surface area contributed by atoms with Gasteiger partial charge in [0.25, 0.3) is 5.56 Å². The highest BCUT2D eigenvalue weighted by Gasteiger charge is 2.15. The van der Waals surface area contributed by atoms with E-state index in [-0.39, 0.29) is 11.6 Å². The quantitative estimate of drug-likeness (QED) is 0.804. The minimum Gasteiger partial charge on any atom is -0.328 e. The van der Waals surface area contributed by atoms with Crippen molar-refractivity contribution in [2.75, 3.05) is 6.54 Å². The van der Waals surface area contributed by atoms with Gasteiger partial charge in [-0.15, -0.1) is 11.3 Å². The highest BCUT2D eigenvalue weighted by atomic mass is 32.1. The van der Waals surface area contributed by atoms with Crippen LogP contribution in [0.1, 0.15) is 13.0 Å². The van der Waals surface area contributed by atoms with Gasteiger partial charge in [0, 0.05) is 11.9 Å². The van der Waals surface area contributed by atoms with Gasteiger partial charge >= 0.3 is 0 Å². The van der Waals surface area contributed by atoms with Gasteiger partial charge in [0.15, 0.2) is 0 Å². The van der Waals surface area contributed by atoms with E-state index in [4.69, 9.17) is 5.73 Å². The lowest BCUT2D eigenvalue weighted by Crippen LogP contribution is -2.30. The fourth-order valence-corrected chi connectivity index (χ4v) is 2.92. The third-order valence-electron chi connectivity index (χ3n) is 3.34. The van der Waals surface area contributed by atoms with Crippen LogP contribution in [0.4, 0.5) is 0 Å². The van der Waals surface area contributed by atoms with E-state index < -0.39 is 0 Å². The van der Waals surface area contributed by atoms with Crippen LogP contribution in [-0.4, -0.2) is 16.3 Å². The van der Waals surface area contributed by atoms with Crippen molar-refractivity contribution in [2.24, 2.45) is 5.73 Å². The molecule has 2 aromatic heterocycles. The first-order chi connectivity index (χ1) is 9.72. The maximum Gasteiger partial charge on any atom is 0.274 e. The number of aromatic nitrogens is 2. The van der Waals surface area contributed by atoms with E-state index in [9.17, 15) is 4.79 Å². The van der Waals surface area contributed by atoms with Crippen molar-refractivity contribution in [1.29, 1.82) is 0 Å². The van der Waals surface area contributed by atoms with E-state index in [1.54, 1.807) is 11.3 Å². The average molecular weight is 285 g/mol. The lowest BCUT2D eigenvalue weighted by Gasteiger charge is -2.14. The van der Waals surface area contributed by atoms with Crippen molar-refractivity contribution in [1.82, 2.24) is 9.78 Å². The van der Waals surface area contributed by atoms with Gasteiger partial charge in [-0.3, -0.25) is 4.79 Å². The molecule has 1 atom stereocenters. The van der Waals surface area contributed by atoms with Gasteiger partial charge in [0.1, 0.15) is 5.69 Å². The molecule has 0 aliphatic rings. The minimum absolute atomic E-state index is 0.0844. The van der Waals surface area contributed by atoms with Crippen molar-refractivity contribution in [3.05, 3.63) is 52.1 Å². The first kappa shape index (κ1) is 13.0. The highest BCUT2D eigenvalue weighted by molar-refractivity contribution is 7.13. The van der Waals surface area contributed by atoms with Crippen LogP contribution in [0.2, 0.25) is 0 Å². The van der Waals surface area contributed by atoms with Crippen LogP contribution in [0.15, 0.2) is 46.6 Å². The Hall–Kier alpha value is -1.98. The first-order valence-corrected chi connectivity index (χ1v) is 7.36. The molecule has 2 N–H and O–H groups in total. The van der Waals surface area contributed by atoms with Crippen LogP contribution in [0.25, 0.3) is 21.3 Å². The molecular formula is C15H15N3OS. The normalized spacial score (nSPS) is 12.7. The molecule has 3 aromatic rings. The SMILES string of the molecule is CC(CN)n1nc(-c2cccs2)c2ccccc2c1=O. The summed E-state index contributed by atoms with van der Waals surface area (Å²) < 4.78 is 1.50. The Morgan fingerprint density at radius 3 is 2.65 bits per heavy atom. The molecule has 5 heteroatoms. The van der Waals surface area contributed by atoms with Crippen LogP contribution >= 0.6 is 11.3 Å². The molecule has 4 nitrogen and oxygen atoms in total. The van der Waals surface area contributed by atoms with Crippen LogP contribution in [-0.2, 0) is 0 Å². The smallest absolute Gasteiger partial charge is 0.274 e. The summed E-state index contributed by atoms with van der Waals surface area (Å²) in [6, 6.07) is 11.5. The fraction of sp³-hybridized carbons (Fsp3) is 0.200. The van der Waals surface area contributed by atoms with Gasteiger partial charge in [-0.1, -0.05) is 24.3 Å². The predicted molar refractivity (Wildman–Crippen MR) is 83.1 cm³/mol. The molecule has 0 bridgehead atoms. The van der Waals surface area contributed by atoms with Crippen LogP contribution in [0.5, 0.6) is 0 Å². The number of thiophene rings is 1. The molecule has 0 saturated heterocycles. The number of fused-ring (bicyclic) bond motifs is 1. The van der Waals surface area contributed by atoms with E-state index in [1.807, 2.05) is 48.7 Å². The Morgan fingerprint density at radius 2 is 2.00 bits per heavy atom. The van der Waals surface area contributed by atoms with E-state index in [1.165, 1.54) is 4.68 Å². The summed E-state index contributed by atoms with van der Waals surface area (Å²) in [5, 5.41) is 8.13. The van der Waals surface area contributed by atoms with E-state index >= 15 is 0 Å². The van der Waals surface area contributed by atoms with Gasteiger partial charge in [-0.2, -0.15) is 5.10 Å². The van der Waals surface area contributed by atoms with Gasteiger partial charge in [-0.05, 0) is 24.4 Å². The molecule has 0 radical (unpaired) electrons. The van der Waals surface area contributed by atoms with Crippen molar-refractivity contribution in [3.8, 4) is 10.6 Å². The number of hydrogen-bond acceptors (Lipinski definition) is 4. The third-order valence-corrected chi connectivity index (χ3v) is 4.22. The zero-order valence-electron chi connectivity index (χ0n) is 11.1. The van der Waals surface area contributed by atoms with Gasteiger partial charge < -0.3 is 5.73 Å². The number of hydrogen-bond donors (Lipinski definition) is 1. The second-order valence-corrected chi connectivity index (χ2v) is 5.65. The van der Waals surface area contributed by atoms with Crippen LogP contribution < -0.4 is 11.3 Å². The number of nitrogens with two attached hydrogens (primary N) is 1. The zero-order valence-corrected chi connectivity index (χ0v) is 11.9. The molecule has 20 heavy (non-hydrogen) atoms. The van der Waals surface area contributed by atoms with Crippen molar-refractivity contribution >= 4 is 22.1 Å². The maximum atomic E-state index is 12.5. The number of benzene rings is 1. The number of nitrogens with zero attached hydrogens (tertiary/aromatic N) is 2. The molecule has 102 valence electrons. The lowest BCUT2D eigenvalue weighted by molar-refractivity contribution is 0.481. The van der Waals surface area contributed by atoms with E-state index in [2.05, 4.69) is 5.10 Å². The van der Waals surface area contributed by atoms with Gasteiger partial charge in [-0.25, -0.2) is 4.68 Å². The molecule has 1 aromatic carbocycles. The van der Waals surface area contributed by atoms with Gasteiger partial charge in [0.05, 0.1) is 16.3 Å². The Kier molecular flexibility index (Phi) is 3.38. The van der Waals surface area contributed by atoms with Crippen LogP contribution in [0.3, 0.4) is 0 Å². The average Bonchev–Trinajstić information content (AvgIpc) is 3.01. The topological polar surface area (TPSA) is 60.9 Å². The summed E-state index contributed by atoms with van der Waals surface area (Å²) in [7, 11) is 0.